The number of anilines is 2. The molecular weight excluding hydrogens is 286 g/mol. The van der Waals surface area contributed by atoms with Gasteiger partial charge in [-0.2, -0.15) is 0 Å². The molecule has 3 nitrogen and oxygen atoms in total. The minimum atomic E-state index is 0.0293. The lowest BCUT2D eigenvalue weighted by Crippen LogP contribution is -2.01. The first-order chi connectivity index (χ1) is 11.3. The zero-order valence-electron chi connectivity index (χ0n) is 12.8. The van der Waals surface area contributed by atoms with Crippen LogP contribution in [0.25, 0.3) is 0 Å². The van der Waals surface area contributed by atoms with Crippen LogP contribution in [-0.2, 0) is 0 Å². The number of ether oxygens (including phenoxy) is 1. The summed E-state index contributed by atoms with van der Waals surface area (Å²) in [6.07, 6.45) is 0. The van der Waals surface area contributed by atoms with Gasteiger partial charge >= 0.3 is 0 Å². The first kappa shape index (κ1) is 14.9. The molecule has 3 rings (SSSR count). The molecule has 0 heterocycles. The van der Waals surface area contributed by atoms with Gasteiger partial charge in [-0.1, -0.05) is 30.3 Å². The Balaban J connectivity index is 1.72. The summed E-state index contributed by atoms with van der Waals surface area (Å²) in [6.45, 7) is 0. The maximum Gasteiger partial charge on any atom is 0.193 e. The lowest BCUT2D eigenvalue weighted by Gasteiger charge is -2.08. The second kappa shape index (κ2) is 6.79. The molecule has 0 aliphatic heterocycles. The van der Waals surface area contributed by atoms with E-state index in [2.05, 4.69) is 5.32 Å². The van der Waals surface area contributed by atoms with Gasteiger partial charge in [0.25, 0.3) is 0 Å². The van der Waals surface area contributed by atoms with Gasteiger partial charge in [-0.25, -0.2) is 0 Å². The number of hydrogen-bond acceptors (Lipinski definition) is 3. The third kappa shape index (κ3) is 3.58. The van der Waals surface area contributed by atoms with Crippen LogP contribution in [0.5, 0.6) is 5.75 Å². The van der Waals surface area contributed by atoms with Gasteiger partial charge in [0.05, 0.1) is 7.11 Å². The average molecular weight is 303 g/mol. The highest BCUT2D eigenvalue weighted by molar-refractivity contribution is 6.09. The number of carbonyl (C=O) groups excluding carboxylic acids is 1. The summed E-state index contributed by atoms with van der Waals surface area (Å²) in [5.41, 5.74) is 3.27. The molecule has 0 aromatic heterocycles. The second-order valence-corrected chi connectivity index (χ2v) is 5.13. The predicted octanol–water partition coefficient (Wildman–Crippen LogP) is 4.67. The smallest absolute Gasteiger partial charge is 0.193 e. The average Bonchev–Trinajstić information content (AvgIpc) is 2.63. The first-order valence-electron chi connectivity index (χ1n) is 7.37. The highest BCUT2D eigenvalue weighted by Crippen LogP contribution is 2.21. The molecule has 23 heavy (non-hydrogen) atoms. The number of carbonyl (C=O) groups is 1. The fraction of sp³-hybridized carbons (Fsp3) is 0.0500. The Morgan fingerprint density at radius 2 is 1.26 bits per heavy atom. The summed E-state index contributed by atoms with van der Waals surface area (Å²) in [7, 11) is 1.64. The summed E-state index contributed by atoms with van der Waals surface area (Å²) < 4.78 is 5.14. The molecule has 0 aliphatic carbocycles. The molecule has 0 aliphatic rings. The molecule has 1 N–H and O–H groups in total. The van der Waals surface area contributed by atoms with E-state index in [0.717, 1.165) is 17.1 Å². The van der Waals surface area contributed by atoms with Crippen molar-refractivity contribution >= 4 is 17.2 Å². The minimum absolute atomic E-state index is 0.0293. The molecule has 0 bridgehead atoms. The van der Waals surface area contributed by atoms with Crippen LogP contribution in [-0.4, -0.2) is 12.9 Å². The Morgan fingerprint density at radius 3 is 1.83 bits per heavy atom. The van der Waals surface area contributed by atoms with Gasteiger partial charge in [-0.15, -0.1) is 0 Å². The molecular formula is C20H17NO2. The lowest BCUT2D eigenvalue weighted by atomic mass is 10.0. The number of methoxy groups -OCH3 is 1. The van der Waals surface area contributed by atoms with Crippen molar-refractivity contribution in [1.29, 1.82) is 0 Å². The summed E-state index contributed by atoms with van der Waals surface area (Å²) >= 11 is 0. The SMILES string of the molecule is COc1ccc(Nc2ccc(C(=O)c3ccccc3)cc2)cc1. The molecule has 0 saturated carbocycles. The van der Waals surface area contributed by atoms with Crippen LogP contribution < -0.4 is 10.1 Å². The van der Waals surface area contributed by atoms with E-state index in [4.69, 9.17) is 4.74 Å². The summed E-state index contributed by atoms with van der Waals surface area (Å²) in [6, 6.07) is 24.5. The van der Waals surface area contributed by atoms with Crippen molar-refractivity contribution in [2.24, 2.45) is 0 Å². The van der Waals surface area contributed by atoms with Crippen molar-refractivity contribution in [1.82, 2.24) is 0 Å². The Morgan fingerprint density at radius 1 is 0.739 bits per heavy atom. The number of benzene rings is 3. The Kier molecular flexibility index (Phi) is 4.39. The summed E-state index contributed by atoms with van der Waals surface area (Å²) in [5, 5.41) is 3.29. The van der Waals surface area contributed by atoms with Crippen molar-refractivity contribution in [2.45, 2.75) is 0 Å². The van der Waals surface area contributed by atoms with E-state index in [-0.39, 0.29) is 5.78 Å². The van der Waals surface area contributed by atoms with Gasteiger partial charge in [-0.3, -0.25) is 4.79 Å². The van der Waals surface area contributed by atoms with Crippen molar-refractivity contribution in [2.75, 3.05) is 12.4 Å². The maximum atomic E-state index is 12.4. The van der Waals surface area contributed by atoms with Crippen LogP contribution in [0.4, 0.5) is 11.4 Å². The van der Waals surface area contributed by atoms with Crippen LogP contribution in [0.15, 0.2) is 78.9 Å². The standard InChI is InChI=1S/C20H17NO2/c1-23-19-13-11-18(12-14-19)21-17-9-7-16(8-10-17)20(22)15-5-3-2-4-6-15/h2-14,21H,1H3. The second-order valence-electron chi connectivity index (χ2n) is 5.13. The van der Waals surface area contributed by atoms with Crippen LogP contribution in [0.3, 0.4) is 0 Å². The Bertz CT molecular complexity index is 778. The van der Waals surface area contributed by atoms with Crippen LogP contribution in [0.2, 0.25) is 0 Å². The van der Waals surface area contributed by atoms with Gasteiger partial charge in [0, 0.05) is 22.5 Å². The van der Waals surface area contributed by atoms with Crippen molar-refractivity contribution < 1.29 is 9.53 Å². The summed E-state index contributed by atoms with van der Waals surface area (Å²) in [5.74, 6) is 0.848. The normalized spacial score (nSPS) is 10.1. The molecule has 0 saturated heterocycles. The Hall–Kier alpha value is -3.07. The fourth-order valence-electron chi connectivity index (χ4n) is 2.30. The van der Waals surface area contributed by atoms with Crippen molar-refractivity contribution in [3.63, 3.8) is 0 Å². The topological polar surface area (TPSA) is 38.3 Å². The van der Waals surface area contributed by atoms with E-state index in [1.54, 1.807) is 7.11 Å². The molecule has 0 atom stereocenters. The van der Waals surface area contributed by atoms with Gasteiger partial charge < -0.3 is 10.1 Å². The quantitative estimate of drug-likeness (QED) is 0.696. The van der Waals surface area contributed by atoms with Gasteiger partial charge in [0.2, 0.25) is 0 Å². The van der Waals surface area contributed by atoms with E-state index in [9.17, 15) is 4.79 Å². The molecule has 3 aromatic rings. The fourth-order valence-corrected chi connectivity index (χ4v) is 2.30. The number of nitrogens with one attached hydrogen (secondary N) is 1. The number of ketones is 1. The lowest BCUT2D eigenvalue weighted by molar-refractivity contribution is 0.103. The predicted molar refractivity (Wildman–Crippen MR) is 92.6 cm³/mol. The first-order valence-corrected chi connectivity index (χ1v) is 7.37. The van der Waals surface area contributed by atoms with E-state index in [1.807, 2.05) is 78.9 Å². The van der Waals surface area contributed by atoms with E-state index in [1.165, 1.54) is 0 Å². The third-order valence-corrected chi connectivity index (χ3v) is 3.56. The van der Waals surface area contributed by atoms with E-state index in [0.29, 0.717) is 11.1 Å². The molecule has 0 radical (unpaired) electrons. The van der Waals surface area contributed by atoms with Crippen molar-refractivity contribution in [3.8, 4) is 5.75 Å². The molecule has 3 aromatic carbocycles. The molecule has 0 spiro atoms. The largest absolute Gasteiger partial charge is 0.497 e. The maximum absolute atomic E-state index is 12.4. The van der Waals surface area contributed by atoms with Crippen LogP contribution in [0, 0.1) is 0 Å². The van der Waals surface area contributed by atoms with Gasteiger partial charge in [0.15, 0.2) is 5.78 Å². The molecule has 0 unspecified atom stereocenters. The Labute approximate surface area is 135 Å². The zero-order chi connectivity index (χ0) is 16.1. The minimum Gasteiger partial charge on any atom is -0.497 e. The highest BCUT2D eigenvalue weighted by atomic mass is 16.5. The monoisotopic (exact) mass is 303 g/mol. The van der Waals surface area contributed by atoms with Gasteiger partial charge in [-0.05, 0) is 48.5 Å². The molecule has 0 fully saturated rings. The molecule has 114 valence electrons. The molecule has 3 heteroatoms. The van der Waals surface area contributed by atoms with Crippen molar-refractivity contribution in [3.05, 3.63) is 90.0 Å². The zero-order valence-corrected chi connectivity index (χ0v) is 12.8. The van der Waals surface area contributed by atoms with Crippen LogP contribution in [0.1, 0.15) is 15.9 Å². The van der Waals surface area contributed by atoms with Gasteiger partial charge in [0.1, 0.15) is 5.75 Å². The number of rotatable bonds is 5. The summed E-state index contributed by atoms with van der Waals surface area (Å²) in [4.78, 5) is 12.4. The van der Waals surface area contributed by atoms with E-state index < -0.39 is 0 Å². The third-order valence-electron chi connectivity index (χ3n) is 3.56. The van der Waals surface area contributed by atoms with E-state index >= 15 is 0 Å². The van der Waals surface area contributed by atoms with Crippen LogP contribution >= 0.6 is 0 Å². The molecule has 0 amide bonds. The number of hydrogen-bond donors (Lipinski definition) is 1. The highest BCUT2D eigenvalue weighted by Gasteiger charge is 2.08.